The van der Waals surface area contributed by atoms with Crippen LogP contribution in [0.4, 0.5) is 0 Å². The predicted molar refractivity (Wildman–Crippen MR) is 70.9 cm³/mol. The number of nitrogens with zero attached hydrogens (tertiary/aromatic N) is 2. The molecule has 0 radical (unpaired) electrons. The molecule has 7 heteroatoms. The Kier molecular flexibility index (Phi) is 4.18. The van der Waals surface area contributed by atoms with Crippen molar-refractivity contribution in [2.45, 2.75) is 19.9 Å². The molecule has 104 valence electrons. The van der Waals surface area contributed by atoms with Crippen molar-refractivity contribution in [3.05, 3.63) is 35.9 Å². The Bertz CT molecular complexity index is 545. The third-order valence-corrected chi connectivity index (χ3v) is 4.65. The lowest BCUT2D eigenvalue weighted by Gasteiger charge is -2.34. The van der Waals surface area contributed by atoms with E-state index in [4.69, 9.17) is 0 Å². The van der Waals surface area contributed by atoms with Crippen LogP contribution in [0.2, 0.25) is 0 Å². The summed E-state index contributed by atoms with van der Waals surface area (Å²) in [6, 6.07) is 9.40. The van der Waals surface area contributed by atoms with Gasteiger partial charge in [-0.05, 0) is 12.0 Å². The average molecular weight is 283 g/mol. The third kappa shape index (κ3) is 3.31. The van der Waals surface area contributed by atoms with Gasteiger partial charge in [-0.15, -0.1) is 4.41 Å². The molecule has 1 fully saturated rings. The number of hydrazine groups is 1. The highest BCUT2D eigenvalue weighted by Gasteiger charge is 2.34. The van der Waals surface area contributed by atoms with Crippen molar-refractivity contribution in [1.82, 2.24) is 14.1 Å². The fourth-order valence-electron chi connectivity index (χ4n) is 2.00. The van der Waals surface area contributed by atoms with Crippen LogP contribution >= 0.6 is 0 Å². The van der Waals surface area contributed by atoms with Gasteiger partial charge in [-0.1, -0.05) is 30.3 Å². The molecule has 0 bridgehead atoms. The van der Waals surface area contributed by atoms with Crippen molar-refractivity contribution in [3.8, 4) is 0 Å². The summed E-state index contributed by atoms with van der Waals surface area (Å²) >= 11 is 0. The molecule has 0 atom stereocenters. The normalized spacial score (nSPS) is 20.1. The molecule has 1 aromatic carbocycles. The molecular formula is C12H17N3O3S. The second kappa shape index (κ2) is 5.68. The van der Waals surface area contributed by atoms with Gasteiger partial charge in [0.05, 0.1) is 0 Å². The SMILES string of the molecule is CC(=O)NN1CCCN(Cc2ccccc2)S1(=O)=O. The van der Waals surface area contributed by atoms with E-state index in [1.807, 2.05) is 30.3 Å². The molecule has 2 rings (SSSR count). The zero-order valence-corrected chi connectivity index (χ0v) is 11.6. The fourth-order valence-corrected chi connectivity index (χ4v) is 3.55. The average Bonchev–Trinajstić information content (AvgIpc) is 2.35. The van der Waals surface area contributed by atoms with Crippen LogP contribution in [0, 0.1) is 0 Å². The lowest BCUT2D eigenvalue weighted by molar-refractivity contribution is -0.122. The van der Waals surface area contributed by atoms with Crippen LogP contribution < -0.4 is 5.43 Å². The van der Waals surface area contributed by atoms with Gasteiger partial charge in [0, 0.05) is 26.6 Å². The molecule has 1 aliphatic heterocycles. The number of amides is 1. The summed E-state index contributed by atoms with van der Waals surface area (Å²) in [5, 5.41) is 0. The number of hydrogen-bond donors (Lipinski definition) is 1. The Hall–Kier alpha value is -1.44. The van der Waals surface area contributed by atoms with Crippen LogP contribution in [-0.4, -0.2) is 36.1 Å². The first-order valence-electron chi connectivity index (χ1n) is 6.09. The van der Waals surface area contributed by atoms with Crippen LogP contribution in [0.3, 0.4) is 0 Å². The van der Waals surface area contributed by atoms with Gasteiger partial charge in [-0.25, -0.2) is 0 Å². The molecule has 1 aliphatic rings. The number of carbonyl (C=O) groups is 1. The number of hydrogen-bond acceptors (Lipinski definition) is 3. The molecule has 1 N–H and O–H groups in total. The van der Waals surface area contributed by atoms with E-state index in [-0.39, 0.29) is 5.91 Å². The van der Waals surface area contributed by atoms with Gasteiger partial charge in [-0.2, -0.15) is 12.7 Å². The molecule has 0 spiro atoms. The maximum Gasteiger partial charge on any atom is 0.299 e. The molecule has 0 aromatic heterocycles. The highest BCUT2D eigenvalue weighted by Crippen LogP contribution is 2.17. The van der Waals surface area contributed by atoms with E-state index < -0.39 is 10.2 Å². The van der Waals surface area contributed by atoms with E-state index in [2.05, 4.69) is 5.43 Å². The van der Waals surface area contributed by atoms with Crippen LogP contribution in [0.25, 0.3) is 0 Å². The Morgan fingerprint density at radius 2 is 1.95 bits per heavy atom. The van der Waals surface area contributed by atoms with Crippen molar-refractivity contribution < 1.29 is 13.2 Å². The molecule has 0 saturated carbocycles. The Balaban J connectivity index is 2.14. The van der Waals surface area contributed by atoms with E-state index in [0.717, 1.165) is 9.98 Å². The maximum atomic E-state index is 12.3. The molecule has 0 aliphatic carbocycles. The smallest absolute Gasteiger partial charge is 0.275 e. The molecule has 19 heavy (non-hydrogen) atoms. The van der Waals surface area contributed by atoms with E-state index >= 15 is 0 Å². The zero-order chi connectivity index (χ0) is 13.9. The summed E-state index contributed by atoms with van der Waals surface area (Å²) in [4.78, 5) is 11.0. The number of rotatable bonds is 3. The van der Waals surface area contributed by atoms with Crippen LogP contribution in [0.1, 0.15) is 18.9 Å². The Labute approximate surface area is 113 Å². The summed E-state index contributed by atoms with van der Waals surface area (Å²) in [6.45, 7) is 2.39. The molecule has 1 saturated heterocycles. The van der Waals surface area contributed by atoms with Crippen molar-refractivity contribution >= 4 is 16.1 Å². The third-order valence-electron chi connectivity index (χ3n) is 2.86. The van der Waals surface area contributed by atoms with Gasteiger partial charge < -0.3 is 0 Å². The summed E-state index contributed by atoms with van der Waals surface area (Å²) < 4.78 is 27.0. The van der Waals surface area contributed by atoms with E-state index in [1.165, 1.54) is 11.2 Å². The van der Waals surface area contributed by atoms with Gasteiger partial charge in [0.25, 0.3) is 10.2 Å². The van der Waals surface area contributed by atoms with Crippen LogP contribution in [0.15, 0.2) is 30.3 Å². The molecule has 1 aromatic rings. The first-order chi connectivity index (χ1) is 9.00. The topological polar surface area (TPSA) is 69.7 Å². The van der Waals surface area contributed by atoms with Crippen molar-refractivity contribution in [1.29, 1.82) is 0 Å². The zero-order valence-electron chi connectivity index (χ0n) is 10.7. The minimum absolute atomic E-state index is 0.313. The van der Waals surface area contributed by atoms with Gasteiger partial charge >= 0.3 is 0 Å². The largest absolute Gasteiger partial charge is 0.299 e. The molecule has 1 amide bonds. The lowest BCUT2D eigenvalue weighted by Crippen LogP contribution is -2.55. The first kappa shape index (κ1) is 14.0. The standard InChI is InChI=1S/C12H17N3O3S/c1-11(16)13-15-9-5-8-14(19(15,17)18)10-12-6-3-2-4-7-12/h2-4,6-7H,5,8-10H2,1H3,(H,13,16). The minimum Gasteiger partial charge on any atom is -0.275 e. The molecule has 6 nitrogen and oxygen atoms in total. The van der Waals surface area contributed by atoms with Crippen LogP contribution in [-0.2, 0) is 21.5 Å². The number of benzene rings is 1. The molecule has 0 unspecified atom stereocenters. The van der Waals surface area contributed by atoms with E-state index in [1.54, 1.807) is 0 Å². The number of nitrogens with one attached hydrogen (secondary N) is 1. The second-order valence-corrected chi connectivity index (χ2v) is 6.27. The summed E-state index contributed by atoms with van der Waals surface area (Å²) in [5.74, 6) is -0.384. The van der Waals surface area contributed by atoms with Crippen LogP contribution in [0.5, 0.6) is 0 Å². The predicted octanol–water partition coefficient (Wildman–Crippen LogP) is 0.490. The Morgan fingerprint density at radius 1 is 1.26 bits per heavy atom. The van der Waals surface area contributed by atoms with Gasteiger partial charge in [0.2, 0.25) is 5.91 Å². The van der Waals surface area contributed by atoms with E-state index in [0.29, 0.717) is 26.1 Å². The summed E-state index contributed by atoms with van der Waals surface area (Å²) in [5.41, 5.74) is 3.28. The fraction of sp³-hybridized carbons (Fsp3) is 0.417. The highest BCUT2D eigenvalue weighted by molar-refractivity contribution is 7.86. The number of carbonyl (C=O) groups excluding carboxylic acids is 1. The Morgan fingerprint density at radius 3 is 2.58 bits per heavy atom. The maximum absolute atomic E-state index is 12.3. The van der Waals surface area contributed by atoms with Crippen molar-refractivity contribution in [3.63, 3.8) is 0 Å². The summed E-state index contributed by atoms with van der Waals surface area (Å²) in [6.07, 6.45) is 0.687. The molecule has 1 heterocycles. The highest BCUT2D eigenvalue weighted by atomic mass is 32.2. The van der Waals surface area contributed by atoms with E-state index in [9.17, 15) is 13.2 Å². The summed E-state index contributed by atoms with van der Waals surface area (Å²) in [7, 11) is -3.62. The lowest BCUT2D eigenvalue weighted by atomic mass is 10.2. The quantitative estimate of drug-likeness (QED) is 0.877. The van der Waals surface area contributed by atoms with Gasteiger partial charge in [-0.3, -0.25) is 10.2 Å². The second-order valence-electron chi connectivity index (χ2n) is 4.42. The van der Waals surface area contributed by atoms with Crippen molar-refractivity contribution in [2.75, 3.05) is 13.1 Å². The minimum atomic E-state index is -3.62. The van der Waals surface area contributed by atoms with Crippen molar-refractivity contribution in [2.24, 2.45) is 0 Å². The van der Waals surface area contributed by atoms with Gasteiger partial charge in [0.1, 0.15) is 0 Å². The monoisotopic (exact) mass is 283 g/mol. The van der Waals surface area contributed by atoms with Gasteiger partial charge in [0.15, 0.2) is 0 Å². The molecular weight excluding hydrogens is 266 g/mol. The first-order valence-corrected chi connectivity index (χ1v) is 7.49.